The number of pyridine rings is 1. The van der Waals surface area contributed by atoms with E-state index >= 15 is 0 Å². The van der Waals surface area contributed by atoms with Crippen molar-refractivity contribution in [3.05, 3.63) is 198 Å². The fourth-order valence-electron chi connectivity index (χ4n) is 10.1. The number of para-hydroxylation sites is 1. The van der Waals surface area contributed by atoms with E-state index in [9.17, 15) is 0 Å². The normalized spacial score (nSPS) is 18.0. The number of hydrogen-bond donors (Lipinski definition) is 0. The van der Waals surface area contributed by atoms with Crippen molar-refractivity contribution in [1.29, 1.82) is 0 Å². The third kappa shape index (κ3) is 4.37. The van der Waals surface area contributed by atoms with E-state index in [-0.39, 0.29) is 0 Å². The summed E-state index contributed by atoms with van der Waals surface area (Å²) < 4.78 is 2.50. The Morgan fingerprint density at radius 3 is 1.98 bits per heavy atom. The number of allylic oxidation sites excluding steroid dienone is 8. The van der Waals surface area contributed by atoms with Gasteiger partial charge in [-0.25, -0.2) is 15.0 Å². The standard InChI is InChI=1S/C51H35N5/c1-3-13-32(14-4-1)48-53-49(33-15-5-2-6-16-33)55-50(54-48)34-23-25-38-36-17-7-10-20-42(36)51(44(38)29-34)43-21-11-8-18-37(43)39-26-24-35(30-45(39)51)56-46-22-12-9-19-40(46)41-31-52-28-27-47(41)56/h1-7,9-17,19-23,25,27-31H,8,18,24,26H2. The van der Waals surface area contributed by atoms with Gasteiger partial charge in [0.05, 0.1) is 16.4 Å². The first-order valence-corrected chi connectivity index (χ1v) is 19.6. The highest BCUT2D eigenvalue weighted by Crippen LogP contribution is 2.65. The van der Waals surface area contributed by atoms with Crippen LogP contribution in [0.2, 0.25) is 0 Å². The molecule has 1 atom stereocenters. The molecule has 0 radical (unpaired) electrons. The molecule has 0 saturated carbocycles. The van der Waals surface area contributed by atoms with Gasteiger partial charge in [0.15, 0.2) is 17.5 Å². The summed E-state index contributed by atoms with van der Waals surface area (Å²) in [4.78, 5) is 19.9. The van der Waals surface area contributed by atoms with E-state index in [1.165, 1.54) is 72.0 Å². The summed E-state index contributed by atoms with van der Waals surface area (Å²) >= 11 is 0. The molecule has 0 saturated heterocycles. The molecule has 12 rings (SSSR count). The third-order valence-corrected chi connectivity index (χ3v) is 12.4. The highest BCUT2D eigenvalue weighted by molar-refractivity contribution is 6.10. The number of aromatic nitrogens is 5. The summed E-state index contributed by atoms with van der Waals surface area (Å²) in [5, 5.41) is 2.43. The smallest absolute Gasteiger partial charge is 0.164 e. The van der Waals surface area contributed by atoms with E-state index < -0.39 is 5.41 Å². The lowest BCUT2D eigenvalue weighted by atomic mass is 9.67. The summed E-state index contributed by atoms with van der Waals surface area (Å²) in [7, 11) is 0. The summed E-state index contributed by atoms with van der Waals surface area (Å²) in [5.74, 6) is 2.01. The van der Waals surface area contributed by atoms with Crippen LogP contribution in [0.25, 0.3) is 72.8 Å². The van der Waals surface area contributed by atoms with Crippen LogP contribution < -0.4 is 0 Å². The van der Waals surface area contributed by atoms with E-state index in [2.05, 4.69) is 125 Å². The summed E-state index contributed by atoms with van der Waals surface area (Å²) in [5.41, 5.74) is 17.3. The molecule has 3 heterocycles. The molecular weight excluding hydrogens is 683 g/mol. The van der Waals surface area contributed by atoms with Gasteiger partial charge >= 0.3 is 0 Å². The van der Waals surface area contributed by atoms with Gasteiger partial charge in [-0.15, -0.1) is 0 Å². The van der Waals surface area contributed by atoms with Gasteiger partial charge in [-0.05, 0) is 94.5 Å². The molecule has 5 heteroatoms. The van der Waals surface area contributed by atoms with Crippen LogP contribution in [-0.2, 0) is 5.41 Å². The Balaban J connectivity index is 1.11. The zero-order valence-corrected chi connectivity index (χ0v) is 30.7. The number of nitrogens with zero attached hydrogens (tertiary/aromatic N) is 5. The SMILES string of the molecule is C1=CC2=C(CC1)C1=C(C=C(n3c4ccccc4c4cnccc43)CC1)C21c2ccccc2-c2ccc(-c3nc(-c4ccccc4)nc(-c4ccccc4)n3)cc21. The minimum absolute atomic E-state index is 0.465. The summed E-state index contributed by atoms with van der Waals surface area (Å²) in [6.07, 6.45) is 15.4. The number of hydrogen-bond acceptors (Lipinski definition) is 4. The van der Waals surface area contributed by atoms with Gasteiger partial charge in [0, 0.05) is 45.6 Å². The van der Waals surface area contributed by atoms with Crippen molar-refractivity contribution in [2.45, 2.75) is 31.1 Å². The lowest BCUT2D eigenvalue weighted by Gasteiger charge is -2.34. The highest BCUT2D eigenvalue weighted by atomic mass is 15.0. The van der Waals surface area contributed by atoms with Crippen LogP contribution in [0, 0.1) is 0 Å². The Bertz CT molecular complexity index is 2960. The fraction of sp³-hybridized carbons (Fsp3) is 0.0980. The van der Waals surface area contributed by atoms with Crippen LogP contribution in [0.15, 0.2) is 186 Å². The highest BCUT2D eigenvalue weighted by Gasteiger charge is 2.53. The number of fused-ring (bicyclic) bond motifs is 11. The van der Waals surface area contributed by atoms with Gasteiger partial charge in [0.2, 0.25) is 0 Å². The van der Waals surface area contributed by atoms with Crippen LogP contribution in [-0.4, -0.2) is 24.5 Å². The quantitative estimate of drug-likeness (QED) is 0.182. The summed E-state index contributed by atoms with van der Waals surface area (Å²) in [6.45, 7) is 0. The molecule has 5 aromatic carbocycles. The molecule has 4 aliphatic carbocycles. The second kappa shape index (κ2) is 12.0. The Kier molecular flexibility index (Phi) is 6.73. The van der Waals surface area contributed by atoms with Crippen LogP contribution in [0.3, 0.4) is 0 Å². The lowest BCUT2D eigenvalue weighted by Crippen LogP contribution is -2.28. The fourth-order valence-corrected chi connectivity index (χ4v) is 10.1. The molecule has 1 unspecified atom stereocenters. The molecule has 0 N–H and O–H groups in total. The van der Waals surface area contributed by atoms with Crippen LogP contribution in [0.1, 0.15) is 36.8 Å². The number of benzene rings is 5. The monoisotopic (exact) mass is 717 g/mol. The zero-order chi connectivity index (χ0) is 36.8. The van der Waals surface area contributed by atoms with Crippen molar-refractivity contribution < 1.29 is 0 Å². The van der Waals surface area contributed by atoms with Crippen molar-refractivity contribution in [2.75, 3.05) is 0 Å². The minimum atomic E-state index is -0.465. The van der Waals surface area contributed by atoms with Crippen LogP contribution >= 0.6 is 0 Å². The van der Waals surface area contributed by atoms with Crippen LogP contribution in [0.4, 0.5) is 0 Å². The topological polar surface area (TPSA) is 56.5 Å². The largest absolute Gasteiger partial charge is 0.313 e. The van der Waals surface area contributed by atoms with Gasteiger partial charge in [-0.1, -0.05) is 127 Å². The molecule has 0 fully saturated rings. The van der Waals surface area contributed by atoms with Crippen LogP contribution in [0.5, 0.6) is 0 Å². The molecule has 0 aliphatic heterocycles. The molecule has 5 nitrogen and oxygen atoms in total. The Morgan fingerprint density at radius 2 is 1.18 bits per heavy atom. The lowest BCUT2D eigenvalue weighted by molar-refractivity contribution is 0.760. The predicted molar refractivity (Wildman–Crippen MR) is 226 cm³/mol. The molecule has 56 heavy (non-hydrogen) atoms. The van der Waals surface area contributed by atoms with Gasteiger partial charge in [0.1, 0.15) is 0 Å². The van der Waals surface area contributed by atoms with E-state index in [1.807, 2.05) is 48.8 Å². The summed E-state index contributed by atoms with van der Waals surface area (Å²) in [6, 6.07) is 47.4. The second-order valence-corrected chi connectivity index (χ2v) is 15.2. The van der Waals surface area contributed by atoms with Gasteiger partial charge in [-0.3, -0.25) is 4.98 Å². The molecular formula is C51H35N5. The van der Waals surface area contributed by atoms with Crippen molar-refractivity contribution >= 4 is 27.5 Å². The first-order valence-electron chi connectivity index (χ1n) is 19.6. The first kappa shape index (κ1) is 31.4. The minimum Gasteiger partial charge on any atom is -0.313 e. The van der Waals surface area contributed by atoms with E-state index in [4.69, 9.17) is 15.0 Å². The molecule has 3 aromatic heterocycles. The van der Waals surface area contributed by atoms with Gasteiger partial charge in [0.25, 0.3) is 0 Å². The van der Waals surface area contributed by atoms with Crippen molar-refractivity contribution in [2.24, 2.45) is 0 Å². The Labute approximate surface area is 324 Å². The predicted octanol–water partition coefficient (Wildman–Crippen LogP) is 11.9. The zero-order valence-electron chi connectivity index (χ0n) is 30.7. The van der Waals surface area contributed by atoms with E-state index in [0.29, 0.717) is 17.5 Å². The van der Waals surface area contributed by atoms with Crippen molar-refractivity contribution in [3.63, 3.8) is 0 Å². The van der Waals surface area contributed by atoms with Crippen molar-refractivity contribution in [3.8, 4) is 45.3 Å². The molecule has 0 amide bonds. The number of rotatable bonds is 4. The van der Waals surface area contributed by atoms with E-state index in [0.717, 1.165) is 42.4 Å². The molecule has 4 aliphatic rings. The molecule has 8 aromatic rings. The second-order valence-electron chi connectivity index (χ2n) is 15.2. The maximum absolute atomic E-state index is 5.18. The van der Waals surface area contributed by atoms with Gasteiger partial charge in [-0.2, -0.15) is 0 Å². The van der Waals surface area contributed by atoms with Gasteiger partial charge < -0.3 is 4.57 Å². The average Bonchev–Trinajstić information content (AvgIpc) is 3.88. The maximum Gasteiger partial charge on any atom is 0.164 e. The first-order chi connectivity index (χ1) is 27.8. The van der Waals surface area contributed by atoms with E-state index in [1.54, 1.807) is 0 Å². The Hall–Kier alpha value is -6.98. The molecule has 1 spiro atoms. The Morgan fingerprint density at radius 1 is 0.518 bits per heavy atom. The molecule has 264 valence electrons. The average molecular weight is 718 g/mol. The van der Waals surface area contributed by atoms with Crippen molar-refractivity contribution in [1.82, 2.24) is 24.5 Å². The third-order valence-electron chi connectivity index (χ3n) is 12.4. The molecule has 0 bridgehead atoms. The maximum atomic E-state index is 5.18.